The number of nitrogens with one attached hydrogen (secondary N) is 1. The molecule has 0 bridgehead atoms. The van der Waals surface area contributed by atoms with Gasteiger partial charge in [0, 0.05) is 32.7 Å². The van der Waals surface area contributed by atoms with Crippen LogP contribution < -0.4 is 11.0 Å². The van der Waals surface area contributed by atoms with Crippen molar-refractivity contribution in [1.82, 2.24) is 19.7 Å². The van der Waals surface area contributed by atoms with Gasteiger partial charge >= 0.3 is 5.69 Å². The SMILES string of the molecule is O=C(Cn1nc2n(c1=O)CCCCC2)NCCCOCC1CCCO1. The number of aryl methyl sites for hydroxylation is 1. The van der Waals surface area contributed by atoms with Crippen LogP contribution >= 0.6 is 0 Å². The lowest BCUT2D eigenvalue weighted by molar-refractivity contribution is -0.121. The number of hydrogen-bond donors (Lipinski definition) is 1. The first-order valence-corrected chi connectivity index (χ1v) is 9.36. The van der Waals surface area contributed by atoms with Gasteiger partial charge in [-0.15, -0.1) is 0 Å². The molecule has 1 unspecified atom stereocenters. The summed E-state index contributed by atoms with van der Waals surface area (Å²) in [5.41, 5.74) is -0.174. The highest BCUT2D eigenvalue weighted by molar-refractivity contribution is 5.75. The first kappa shape index (κ1) is 18.1. The predicted molar refractivity (Wildman–Crippen MR) is 91.5 cm³/mol. The van der Waals surface area contributed by atoms with E-state index in [4.69, 9.17) is 9.47 Å². The topological polar surface area (TPSA) is 87.4 Å². The Kier molecular flexibility index (Phi) is 6.63. The van der Waals surface area contributed by atoms with Gasteiger partial charge in [0.2, 0.25) is 5.91 Å². The maximum Gasteiger partial charge on any atom is 0.346 e. The zero-order valence-corrected chi connectivity index (χ0v) is 14.7. The first-order valence-electron chi connectivity index (χ1n) is 9.36. The Morgan fingerprint density at radius 3 is 3.08 bits per heavy atom. The summed E-state index contributed by atoms with van der Waals surface area (Å²) < 4.78 is 14.0. The molecular weight excluding hydrogens is 324 g/mol. The molecule has 25 heavy (non-hydrogen) atoms. The van der Waals surface area contributed by atoms with Gasteiger partial charge in [-0.05, 0) is 32.1 Å². The maximum atomic E-state index is 12.3. The first-order chi connectivity index (χ1) is 12.2. The van der Waals surface area contributed by atoms with Crippen LogP contribution in [-0.2, 0) is 33.8 Å². The Balaban J connectivity index is 1.34. The normalized spacial score (nSPS) is 20.2. The van der Waals surface area contributed by atoms with E-state index in [0.29, 0.717) is 26.3 Å². The monoisotopic (exact) mass is 352 g/mol. The zero-order chi connectivity index (χ0) is 17.5. The summed E-state index contributed by atoms with van der Waals surface area (Å²) >= 11 is 0. The molecule has 1 saturated heterocycles. The minimum absolute atomic E-state index is 0.0182. The van der Waals surface area contributed by atoms with E-state index < -0.39 is 0 Å². The number of carbonyl (C=O) groups is 1. The number of amides is 1. The van der Waals surface area contributed by atoms with Crippen LogP contribution in [0.5, 0.6) is 0 Å². The molecule has 3 rings (SSSR count). The third-order valence-corrected chi connectivity index (χ3v) is 4.69. The van der Waals surface area contributed by atoms with E-state index in [9.17, 15) is 9.59 Å². The summed E-state index contributed by atoms with van der Waals surface area (Å²) in [6, 6.07) is 0. The van der Waals surface area contributed by atoms with Crippen LogP contribution in [0.2, 0.25) is 0 Å². The number of carbonyl (C=O) groups excluding carboxylic acids is 1. The van der Waals surface area contributed by atoms with Gasteiger partial charge in [-0.3, -0.25) is 9.36 Å². The maximum absolute atomic E-state index is 12.3. The van der Waals surface area contributed by atoms with Crippen molar-refractivity contribution in [3.05, 3.63) is 16.3 Å². The molecule has 0 spiro atoms. The summed E-state index contributed by atoms with van der Waals surface area (Å²) in [6.07, 6.45) is 7.14. The van der Waals surface area contributed by atoms with Crippen molar-refractivity contribution in [3.63, 3.8) is 0 Å². The summed E-state index contributed by atoms with van der Waals surface area (Å²) in [7, 11) is 0. The summed E-state index contributed by atoms with van der Waals surface area (Å²) in [6.45, 7) is 3.28. The Hall–Kier alpha value is -1.67. The molecule has 140 valence electrons. The van der Waals surface area contributed by atoms with Crippen molar-refractivity contribution in [2.45, 2.75) is 64.1 Å². The Labute approximate surface area is 147 Å². The molecule has 2 aliphatic rings. The molecule has 2 aliphatic heterocycles. The summed E-state index contributed by atoms with van der Waals surface area (Å²) in [5.74, 6) is 0.618. The summed E-state index contributed by atoms with van der Waals surface area (Å²) in [4.78, 5) is 24.3. The smallest absolute Gasteiger partial charge is 0.346 e. The third kappa shape index (κ3) is 5.15. The molecule has 0 radical (unpaired) electrons. The molecule has 0 aliphatic carbocycles. The standard InChI is InChI=1S/C17H28N4O4/c22-16(18-8-5-10-24-13-14-6-4-11-25-14)12-21-17(23)20-9-3-1-2-7-15(20)19-21/h14H,1-13H2,(H,18,22). The number of nitrogens with zero attached hydrogens (tertiary/aromatic N) is 3. The average molecular weight is 352 g/mol. The molecule has 0 saturated carbocycles. The van der Waals surface area contributed by atoms with Gasteiger partial charge in [-0.1, -0.05) is 6.42 Å². The molecule has 0 aromatic carbocycles. The van der Waals surface area contributed by atoms with E-state index in [1.54, 1.807) is 4.57 Å². The van der Waals surface area contributed by atoms with Crippen LogP contribution in [0.1, 0.15) is 44.3 Å². The average Bonchev–Trinajstić information content (AvgIpc) is 3.14. The summed E-state index contributed by atoms with van der Waals surface area (Å²) in [5, 5.41) is 7.14. The lowest BCUT2D eigenvalue weighted by Gasteiger charge is -2.10. The van der Waals surface area contributed by atoms with Crippen LogP contribution in [0.25, 0.3) is 0 Å². The number of hydrogen-bond acceptors (Lipinski definition) is 5. The molecule has 1 N–H and O–H groups in total. The molecule has 1 fully saturated rings. The van der Waals surface area contributed by atoms with Crippen molar-refractivity contribution in [1.29, 1.82) is 0 Å². The van der Waals surface area contributed by atoms with Gasteiger partial charge in [0.15, 0.2) is 0 Å². The van der Waals surface area contributed by atoms with Gasteiger partial charge in [-0.2, -0.15) is 5.10 Å². The van der Waals surface area contributed by atoms with Crippen LogP contribution in [0.15, 0.2) is 4.79 Å². The van der Waals surface area contributed by atoms with Crippen molar-refractivity contribution >= 4 is 5.91 Å². The highest BCUT2D eigenvalue weighted by Gasteiger charge is 2.17. The van der Waals surface area contributed by atoms with E-state index in [1.165, 1.54) is 4.68 Å². The van der Waals surface area contributed by atoms with Crippen molar-refractivity contribution in [2.75, 3.05) is 26.4 Å². The van der Waals surface area contributed by atoms with Crippen molar-refractivity contribution in [2.24, 2.45) is 0 Å². The van der Waals surface area contributed by atoms with Gasteiger partial charge < -0.3 is 14.8 Å². The second-order valence-corrected chi connectivity index (χ2v) is 6.73. The largest absolute Gasteiger partial charge is 0.379 e. The molecule has 1 aromatic heterocycles. The highest BCUT2D eigenvalue weighted by atomic mass is 16.5. The minimum Gasteiger partial charge on any atom is -0.379 e. The number of aromatic nitrogens is 3. The van der Waals surface area contributed by atoms with E-state index in [-0.39, 0.29) is 24.2 Å². The fraction of sp³-hybridized carbons (Fsp3) is 0.824. The fourth-order valence-electron chi connectivity index (χ4n) is 3.31. The lowest BCUT2D eigenvalue weighted by atomic mass is 10.2. The van der Waals surface area contributed by atoms with Crippen LogP contribution in [0.3, 0.4) is 0 Å². The molecule has 8 nitrogen and oxygen atoms in total. The van der Waals surface area contributed by atoms with Crippen LogP contribution in [-0.4, -0.2) is 52.7 Å². The number of rotatable bonds is 8. The quantitative estimate of drug-likeness (QED) is 0.688. The molecule has 1 amide bonds. The molecule has 1 atom stereocenters. The Bertz CT molecular complexity index is 619. The Morgan fingerprint density at radius 2 is 2.24 bits per heavy atom. The van der Waals surface area contributed by atoms with E-state index >= 15 is 0 Å². The third-order valence-electron chi connectivity index (χ3n) is 4.69. The van der Waals surface area contributed by atoms with Gasteiger partial charge in [-0.25, -0.2) is 9.48 Å². The van der Waals surface area contributed by atoms with Crippen LogP contribution in [0, 0.1) is 0 Å². The minimum atomic E-state index is -0.186. The fourth-order valence-corrected chi connectivity index (χ4v) is 3.31. The molecule has 8 heteroatoms. The van der Waals surface area contributed by atoms with E-state index in [0.717, 1.165) is 57.4 Å². The van der Waals surface area contributed by atoms with E-state index in [1.807, 2.05) is 0 Å². The predicted octanol–water partition coefficient (Wildman–Crippen LogP) is 0.473. The van der Waals surface area contributed by atoms with Gasteiger partial charge in [0.1, 0.15) is 12.4 Å². The molecule has 1 aromatic rings. The van der Waals surface area contributed by atoms with Gasteiger partial charge in [0.05, 0.1) is 12.7 Å². The lowest BCUT2D eigenvalue weighted by Crippen LogP contribution is -2.34. The van der Waals surface area contributed by atoms with Gasteiger partial charge in [0.25, 0.3) is 0 Å². The van der Waals surface area contributed by atoms with Crippen molar-refractivity contribution < 1.29 is 14.3 Å². The van der Waals surface area contributed by atoms with Crippen molar-refractivity contribution in [3.8, 4) is 0 Å². The number of ether oxygens (including phenoxy) is 2. The molecular formula is C17H28N4O4. The second-order valence-electron chi connectivity index (χ2n) is 6.73. The van der Waals surface area contributed by atoms with E-state index in [2.05, 4.69) is 10.4 Å². The molecule has 3 heterocycles. The van der Waals surface area contributed by atoms with Crippen LogP contribution in [0.4, 0.5) is 0 Å². The number of fused-ring (bicyclic) bond motifs is 1. The zero-order valence-electron chi connectivity index (χ0n) is 14.7. The Morgan fingerprint density at radius 1 is 1.32 bits per heavy atom. The second kappa shape index (κ2) is 9.15. The highest BCUT2D eigenvalue weighted by Crippen LogP contribution is 2.12.